The molecule has 0 saturated carbocycles. The van der Waals surface area contributed by atoms with Gasteiger partial charge in [-0.3, -0.25) is 4.79 Å². The van der Waals surface area contributed by atoms with Crippen molar-refractivity contribution in [2.45, 2.75) is 58.8 Å². The fourth-order valence-corrected chi connectivity index (χ4v) is 3.75. The van der Waals surface area contributed by atoms with Crippen LogP contribution in [0.25, 0.3) is 0 Å². The molecule has 39 heavy (non-hydrogen) atoms. The van der Waals surface area contributed by atoms with Gasteiger partial charge in [-0.05, 0) is 51.8 Å². The van der Waals surface area contributed by atoms with E-state index in [0.29, 0.717) is 30.9 Å². The first-order valence-corrected chi connectivity index (χ1v) is 13.0. The molecule has 0 bridgehead atoms. The Hall–Kier alpha value is -4.13. The summed E-state index contributed by atoms with van der Waals surface area (Å²) in [6.07, 6.45) is 2.24. The molecule has 0 atom stereocenters. The van der Waals surface area contributed by atoms with Gasteiger partial charge in [0.05, 0.1) is 24.1 Å². The molecular formula is C32H38N2O5. The third kappa shape index (κ3) is 8.70. The van der Waals surface area contributed by atoms with Gasteiger partial charge in [-0.25, -0.2) is 4.79 Å². The van der Waals surface area contributed by atoms with Crippen molar-refractivity contribution in [3.05, 3.63) is 94.5 Å². The van der Waals surface area contributed by atoms with E-state index in [2.05, 4.69) is 64.1 Å². The van der Waals surface area contributed by atoms with Crippen molar-refractivity contribution in [2.75, 3.05) is 18.5 Å². The summed E-state index contributed by atoms with van der Waals surface area (Å²) < 4.78 is 5.76. The van der Waals surface area contributed by atoms with Crippen LogP contribution in [0.3, 0.4) is 0 Å². The summed E-state index contributed by atoms with van der Waals surface area (Å²) in [6, 6.07) is 20.0. The Morgan fingerprint density at radius 2 is 1.44 bits per heavy atom. The summed E-state index contributed by atoms with van der Waals surface area (Å²) in [7, 11) is 0. The number of ether oxygens (including phenoxy) is 1. The van der Waals surface area contributed by atoms with Gasteiger partial charge in [-0.15, -0.1) is 0 Å². The number of hydrogen-bond donors (Lipinski definition) is 2. The van der Waals surface area contributed by atoms with E-state index >= 15 is 0 Å². The third-order valence-electron chi connectivity index (χ3n) is 6.18. The van der Waals surface area contributed by atoms with Crippen LogP contribution in [0.15, 0.2) is 71.9 Å². The lowest BCUT2D eigenvalue weighted by molar-refractivity contribution is 0.0698. The molecule has 3 rings (SSSR count). The number of oxime groups is 1. The number of amides is 1. The molecule has 0 aliphatic carbocycles. The van der Waals surface area contributed by atoms with Crippen LogP contribution < -0.4 is 10.1 Å². The second kappa shape index (κ2) is 12.6. The zero-order valence-corrected chi connectivity index (χ0v) is 23.6. The van der Waals surface area contributed by atoms with Crippen molar-refractivity contribution in [1.29, 1.82) is 0 Å². The van der Waals surface area contributed by atoms with Crippen molar-refractivity contribution in [2.24, 2.45) is 5.16 Å². The van der Waals surface area contributed by atoms with Gasteiger partial charge in [-0.2, -0.15) is 0 Å². The van der Waals surface area contributed by atoms with Gasteiger partial charge in [0.2, 0.25) is 0 Å². The molecule has 7 heteroatoms. The first kappa shape index (κ1) is 29.4. The van der Waals surface area contributed by atoms with E-state index < -0.39 is 11.9 Å². The average Bonchev–Trinajstić information content (AvgIpc) is 2.87. The van der Waals surface area contributed by atoms with Crippen LogP contribution in [-0.4, -0.2) is 36.4 Å². The quantitative estimate of drug-likeness (QED) is 0.166. The molecule has 3 aromatic carbocycles. The fourth-order valence-electron chi connectivity index (χ4n) is 3.75. The van der Waals surface area contributed by atoms with Crippen LogP contribution >= 0.6 is 0 Å². The molecule has 0 radical (unpaired) electrons. The number of carbonyl (C=O) groups is 2. The van der Waals surface area contributed by atoms with E-state index in [0.717, 1.165) is 11.1 Å². The van der Waals surface area contributed by atoms with Gasteiger partial charge in [0, 0.05) is 18.1 Å². The number of carboxylic acids is 1. The number of nitrogens with one attached hydrogen (secondary N) is 1. The largest absolute Gasteiger partial charge is 0.493 e. The van der Waals surface area contributed by atoms with Crippen molar-refractivity contribution in [1.82, 2.24) is 0 Å². The van der Waals surface area contributed by atoms with E-state index in [-0.39, 0.29) is 22.1 Å². The van der Waals surface area contributed by atoms with Gasteiger partial charge in [-0.1, -0.05) is 83.1 Å². The fraction of sp³-hybridized carbons (Fsp3) is 0.344. The summed E-state index contributed by atoms with van der Waals surface area (Å²) in [5.41, 5.74) is 3.97. The second-order valence-corrected chi connectivity index (χ2v) is 11.4. The van der Waals surface area contributed by atoms with E-state index in [4.69, 9.17) is 9.57 Å². The first-order valence-electron chi connectivity index (χ1n) is 13.0. The minimum Gasteiger partial charge on any atom is -0.493 e. The van der Waals surface area contributed by atoms with E-state index in [1.165, 1.54) is 17.7 Å². The smallest absolute Gasteiger partial charge is 0.337 e. The van der Waals surface area contributed by atoms with Crippen molar-refractivity contribution >= 4 is 23.8 Å². The number of carboxylic acid groups (broad SMARTS) is 1. The summed E-state index contributed by atoms with van der Waals surface area (Å²) in [5.74, 6) is -1.09. The summed E-state index contributed by atoms with van der Waals surface area (Å²) in [5, 5.41) is 16.3. The van der Waals surface area contributed by atoms with Crippen LogP contribution in [-0.2, 0) is 15.7 Å². The highest BCUT2D eigenvalue weighted by Crippen LogP contribution is 2.26. The summed E-state index contributed by atoms with van der Waals surface area (Å²) in [6.45, 7) is 13.5. The van der Waals surface area contributed by atoms with Gasteiger partial charge >= 0.3 is 5.97 Å². The molecule has 0 spiro atoms. The SMILES string of the molecule is CC(C)(C)c1ccc(/C=N/OCCCOc2ccc(C(=O)O)c(NC(=O)c3ccc(C(C)(C)C)cc3)c2)cc1. The molecular weight excluding hydrogens is 492 g/mol. The number of rotatable bonds is 10. The van der Waals surface area contributed by atoms with Crippen LogP contribution in [0.4, 0.5) is 5.69 Å². The Morgan fingerprint density at radius 1 is 0.846 bits per heavy atom. The molecule has 0 unspecified atom stereocenters. The molecule has 1 amide bonds. The minimum atomic E-state index is -1.14. The van der Waals surface area contributed by atoms with E-state index in [9.17, 15) is 14.7 Å². The minimum absolute atomic E-state index is 0.0183. The Labute approximate surface area is 230 Å². The van der Waals surface area contributed by atoms with Crippen molar-refractivity contribution in [3.8, 4) is 5.75 Å². The van der Waals surface area contributed by atoms with Gasteiger partial charge in [0.15, 0.2) is 0 Å². The third-order valence-corrected chi connectivity index (χ3v) is 6.18. The standard InChI is InChI=1S/C32H38N2O5/c1-31(2,3)24-12-8-22(9-13-24)21-33-39-19-7-18-38-26-16-17-27(30(36)37)28(20-26)34-29(35)23-10-14-25(15-11-23)32(4,5)6/h8-17,20-21H,7,18-19H2,1-6H3,(H,34,35)(H,36,37)/b33-21+. The molecule has 0 fully saturated rings. The first-order chi connectivity index (χ1) is 18.3. The highest BCUT2D eigenvalue weighted by atomic mass is 16.6. The van der Waals surface area contributed by atoms with Gasteiger partial charge < -0.3 is 20.0 Å². The Kier molecular flexibility index (Phi) is 9.51. The number of aromatic carboxylic acids is 1. The predicted octanol–water partition coefficient (Wildman–Crippen LogP) is 7.05. The number of anilines is 1. The number of benzene rings is 3. The lowest BCUT2D eigenvalue weighted by atomic mass is 9.86. The van der Waals surface area contributed by atoms with Crippen LogP contribution in [0.1, 0.15) is 85.4 Å². The predicted molar refractivity (Wildman–Crippen MR) is 155 cm³/mol. The summed E-state index contributed by atoms with van der Waals surface area (Å²) in [4.78, 5) is 29.9. The topological polar surface area (TPSA) is 97.2 Å². The Bertz CT molecular complexity index is 1300. The van der Waals surface area contributed by atoms with Crippen molar-refractivity contribution in [3.63, 3.8) is 0 Å². The maximum atomic E-state index is 12.8. The zero-order valence-electron chi connectivity index (χ0n) is 23.6. The highest BCUT2D eigenvalue weighted by molar-refractivity contribution is 6.07. The molecule has 0 aliphatic rings. The average molecular weight is 531 g/mol. The Balaban J connectivity index is 1.52. The second-order valence-electron chi connectivity index (χ2n) is 11.4. The van der Waals surface area contributed by atoms with E-state index in [1.807, 2.05) is 24.3 Å². The molecule has 0 aliphatic heterocycles. The number of nitrogens with zero attached hydrogens (tertiary/aromatic N) is 1. The molecule has 2 N–H and O–H groups in total. The molecule has 0 aromatic heterocycles. The van der Waals surface area contributed by atoms with Crippen LogP contribution in [0, 0.1) is 0 Å². The summed E-state index contributed by atoms with van der Waals surface area (Å²) >= 11 is 0. The maximum absolute atomic E-state index is 12.8. The van der Waals surface area contributed by atoms with Crippen LogP contribution in [0.5, 0.6) is 5.75 Å². The van der Waals surface area contributed by atoms with E-state index in [1.54, 1.807) is 24.4 Å². The molecule has 206 valence electrons. The number of hydrogen-bond acceptors (Lipinski definition) is 5. The number of carbonyl (C=O) groups excluding carboxylic acids is 1. The maximum Gasteiger partial charge on any atom is 0.337 e. The monoisotopic (exact) mass is 530 g/mol. The van der Waals surface area contributed by atoms with Gasteiger partial charge in [0.1, 0.15) is 12.4 Å². The zero-order chi connectivity index (χ0) is 28.6. The normalized spacial score (nSPS) is 11.8. The highest BCUT2D eigenvalue weighted by Gasteiger charge is 2.17. The van der Waals surface area contributed by atoms with Gasteiger partial charge in [0.25, 0.3) is 5.91 Å². The lowest BCUT2D eigenvalue weighted by Gasteiger charge is -2.19. The molecule has 0 saturated heterocycles. The molecule has 0 heterocycles. The molecule has 3 aromatic rings. The van der Waals surface area contributed by atoms with Crippen LogP contribution in [0.2, 0.25) is 0 Å². The Morgan fingerprint density at radius 3 is 2.00 bits per heavy atom. The van der Waals surface area contributed by atoms with Crippen molar-refractivity contribution < 1.29 is 24.3 Å². The molecule has 7 nitrogen and oxygen atoms in total. The lowest BCUT2D eigenvalue weighted by Crippen LogP contribution is -2.16.